The predicted octanol–water partition coefficient (Wildman–Crippen LogP) is 11.8. The van der Waals surface area contributed by atoms with Crippen molar-refractivity contribution < 1.29 is 38.2 Å². The van der Waals surface area contributed by atoms with Crippen LogP contribution in [0.3, 0.4) is 0 Å². The van der Waals surface area contributed by atoms with Crippen molar-refractivity contribution in [2.75, 3.05) is 41.0 Å². The van der Waals surface area contributed by atoms with Crippen molar-refractivity contribution in [2.24, 2.45) is 0 Å². The second-order valence-corrected chi connectivity index (χ2v) is 16.6. The van der Waals surface area contributed by atoms with Gasteiger partial charge in [-0.3, -0.25) is 9.59 Å². The summed E-state index contributed by atoms with van der Waals surface area (Å²) < 4.78 is 17.2. The SMILES string of the molecule is CC/C=C\C/C=C\C/C=C\C/C=C\CCCCCCC(=O)OC(COCCC(C(=O)[O-])[N+](C)(C)C)COC(=O)CCCCCCCCC/C=C\C/C=C\CCCCCC. The van der Waals surface area contributed by atoms with Crippen LogP contribution in [0.15, 0.2) is 72.9 Å². The lowest BCUT2D eigenvalue weighted by molar-refractivity contribution is -0.889. The van der Waals surface area contributed by atoms with Gasteiger partial charge in [-0.2, -0.15) is 0 Å². The molecule has 0 radical (unpaired) electrons. The van der Waals surface area contributed by atoms with Crippen molar-refractivity contribution in [3.63, 3.8) is 0 Å². The Morgan fingerprint density at radius 1 is 0.525 bits per heavy atom. The number of ether oxygens (including phenoxy) is 3. The molecule has 0 N–H and O–H groups in total. The minimum absolute atomic E-state index is 0.0246. The number of nitrogens with zero attached hydrogens (tertiary/aromatic N) is 1. The number of unbranched alkanes of at least 4 members (excludes halogenated alkanes) is 15. The predicted molar refractivity (Wildman–Crippen MR) is 245 cm³/mol. The number of carboxylic acid groups (broad SMARTS) is 1. The van der Waals surface area contributed by atoms with E-state index in [9.17, 15) is 19.5 Å². The molecule has 0 saturated carbocycles. The molecule has 59 heavy (non-hydrogen) atoms. The maximum absolute atomic E-state index is 12.7. The average Bonchev–Trinajstić information content (AvgIpc) is 3.19. The molecule has 0 aliphatic heterocycles. The summed E-state index contributed by atoms with van der Waals surface area (Å²) in [6.45, 7) is 4.49. The van der Waals surface area contributed by atoms with E-state index in [2.05, 4.69) is 86.8 Å². The van der Waals surface area contributed by atoms with Crippen LogP contribution in [0, 0.1) is 0 Å². The number of likely N-dealkylation sites (N-methyl/N-ethyl adjacent to an activating group) is 1. The number of allylic oxidation sites excluding steroid dienone is 12. The molecule has 0 spiro atoms. The van der Waals surface area contributed by atoms with E-state index < -0.39 is 18.1 Å². The van der Waals surface area contributed by atoms with Gasteiger partial charge in [0.15, 0.2) is 6.10 Å². The second kappa shape index (κ2) is 41.5. The van der Waals surface area contributed by atoms with Crippen molar-refractivity contribution in [2.45, 2.75) is 193 Å². The topological polar surface area (TPSA) is 102 Å². The minimum atomic E-state index is -1.13. The van der Waals surface area contributed by atoms with Gasteiger partial charge in [0.1, 0.15) is 12.6 Å². The maximum Gasteiger partial charge on any atom is 0.306 e. The van der Waals surface area contributed by atoms with E-state index >= 15 is 0 Å². The number of esters is 2. The fraction of sp³-hybridized carbons (Fsp3) is 0.706. The van der Waals surface area contributed by atoms with Crippen LogP contribution in [-0.4, -0.2) is 75.5 Å². The van der Waals surface area contributed by atoms with Crippen molar-refractivity contribution in [1.82, 2.24) is 0 Å². The van der Waals surface area contributed by atoms with Gasteiger partial charge >= 0.3 is 11.9 Å². The Morgan fingerprint density at radius 2 is 0.949 bits per heavy atom. The van der Waals surface area contributed by atoms with Crippen LogP contribution in [0.5, 0.6) is 0 Å². The van der Waals surface area contributed by atoms with Gasteiger partial charge < -0.3 is 28.6 Å². The van der Waals surface area contributed by atoms with E-state index in [-0.39, 0.29) is 49.1 Å². The quantitative estimate of drug-likeness (QED) is 0.0262. The molecule has 0 fully saturated rings. The molecular weight excluding hydrogens is 739 g/mol. The third-order valence-electron chi connectivity index (χ3n) is 10.1. The highest BCUT2D eigenvalue weighted by atomic mass is 16.6. The van der Waals surface area contributed by atoms with Gasteiger partial charge in [-0.1, -0.05) is 151 Å². The van der Waals surface area contributed by atoms with E-state index in [0.717, 1.165) is 89.9 Å². The average molecular weight is 826 g/mol. The fourth-order valence-corrected chi connectivity index (χ4v) is 6.44. The Balaban J connectivity index is 4.38. The molecule has 338 valence electrons. The van der Waals surface area contributed by atoms with Gasteiger partial charge in [-0.25, -0.2) is 0 Å². The number of carbonyl (C=O) groups excluding carboxylic acids is 3. The first-order valence-electron chi connectivity index (χ1n) is 23.5. The van der Waals surface area contributed by atoms with E-state index in [0.29, 0.717) is 6.42 Å². The van der Waals surface area contributed by atoms with Gasteiger partial charge in [-0.15, -0.1) is 0 Å². The summed E-state index contributed by atoms with van der Waals surface area (Å²) in [6.07, 6.45) is 52.1. The van der Waals surface area contributed by atoms with Gasteiger partial charge in [0.05, 0.1) is 40.3 Å². The zero-order valence-electron chi connectivity index (χ0n) is 38.4. The Hall–Kier alpha value is -3.23. The maximum atomic E-state index is 12.7. The first kappa shape index (κ1) is 55.8. The van der Waals surface area contributed by atoms with E-state index in [1.165, 1.54) is 57.8 Å². The highest BCUT2D eigenvalue weighted by molar-refractivity contribution is 5.70. The molecule has 0 aliphatic carbocycles. The lowest BCUT2D eigenvalue weighted by atomic mass is 10.1. The molecule has 0 heterocycles. The van der Waals surface area contributed by atoms with Crippen molar-refractivity contribution in [1.29, 1.82) is 0 Å². The first-order chi connectivity index (χ1) is 28.6. The standard InChI is InChI=1S/C51H87NO7/c1-6-8-10-12-14-16-18-20-22-24-26-27-29-31-33-35-37-39-41-49(53)58-46-47(45-57-44-43-48(51(55)56)52(3,4)5)59-50(54)42-40-38-36-34-32-30-28-25-23-21-19-17-15-13-11-9-7-2/h9,11,15-18,21-24,28,30,47-48H,6-8,10,12-14,19-20,25-27,29,31-46H2,1-5H3/b11-9-,17-15-,18-16-,23-21-,24-22-,30-28-. The molecule has 8 nitrogen and oxygen atoms in total. The molecule has 0 aromatic rings. The normalized spacial score (nSPS) is 13.6. The number of carboxylic acids is 1. The zero-order chi connectivity index (χ0) is 43.5. The molecule has 0 aliphatic rings. The molecule has 8 heteroatoms. The van der Waals surface area contributed by atoms with Crippen LogP contribution in [0.25, 0.3) is 0 Å². The number of carbonyl (C=O) groups is 3. The Morgan fingerprint density at radius 3 is 1.41 bits per heavy atom. The summed E-state index contributed by atoms with van der Waals surface area (Å²) in [5.41, 5.74) is 0. The third kappa shape index (κ3) is 40.0. The Kier molecular flexibility index (Phi) is 39.2. The van der Waals surface area contributed by atoms with Crippen LogP contribution < -0.4 is 5.11 Å². The highest BCUT2D eigenvalue weighted by Gasteiger charge is 2.25. The minimum Gasteiger partial charge on any atom is -0.544 e. The largest absolute Gasteiger partial charge is 0.544 e. The number of hydrogen-bond donors (Lipinski definition) is 0. The molecule has 2 unspecified atom stereocenters. The third-order valence-corrected chi connectivity index (χ3v) is 10.1. The van der Waals surface area contributed by atoms with Crippen LogP contribution in [0.2, 0.25) is 0 Å². The molecule has 0 amide bonds. The Bertz CT molecular complexity index is 1190. The summed E-state index contributed by atoms with van der Waals surface area (Å²) >= 11 is 0. The van der Waals surface area contributed by atoms with Crippen molar-refractivity contribution in [3.05, 3.63) is 72.9 Å². The lowest BCUT2D eigenvalue weighted by Crippen LogP contribution is -2.55. The molecule has 0 saturated heterocycles. The lowest BCUT2D eigenvalue weighted by Gasteiger charge is -2.34. The summed E-state index contributed by atoms with van der Waals surface area (Å²) in [5, 5.41) is 11.6. The number of aliphatic carboxylic acids is 1. The smallest absolute Gasteiger partial charge is 0.306 e. The number of hydrogen-bond acceptors (Lipinski definition) is 7. The number of quaternary nitrogens is 1. The molecule has 2 atom stereocenters. The van der Waals surface area contributed by atoms with Crippen LogP contribution in [-0.2, 0) is 28.6 Å². The van der Waals surface area contributed by atoms with Gasteiger partial charge in [0.25, 0.3) is 0 Å². The molecule has 0 rings (SSSR count). The van der Waals surface area contributed by atoms with Crippen LogP contribution in [0.4, 0.5) is 0 Å². The van der Waals surface area contributed by atoms with Crippen LogP contribution in [0.1, 0.15) is 181 Å². The summed E-state index contributed by atoms with van der Waals surface area (Å²) in [4.78, 5) is 36.9. The van der Waals surface area contributed by atoms with E-state index in [1.807, 2.05) is 0 Å². The fourth-order valence-electron chi connectivity index (χ4n) is 6.44. The van der Waals surface area contributed by atoms with Gasteiger partial charge in [-0.05, 0) is 83.5 Å². The van der Waals surface area contributed by atoms with Gasteiger partial charge in [0, 0.05) is 19.3 Å². The second-order valence-electron chi connectivity index (χ2n) is 16.6. The summed E-state index contributed by atoms with van der Waals surface area (Å²) in [5.74, 6) is -1.78. The summed E-state index contributed by atoms with van der Waals surface area (Å²) in [7, 11) is 5.39. The Labute approximate surface area is 361 Å². The molecular formula is C51H87NO7. The van der Waals surface area contributed by atoms with Gasteiger partial charge in [0.2, 0.25) is 0 Å². The van der Waals surface area contributed by atoms with Crippen molar-refractivity contribution in [3.8, 4) is 0 Å². The monoisotopic (exact) mass is 826 g/mol. The molecule has 0 aromatic heterocycles. The first-order valence-corrected chi connectivity index (χ1v) is 23.5. The van der Waals surface area contributed by atoms with E-state index in [4.69, 9.17) is 14.2 Å². The highest BCUT2D eigenvalue weighted by Crippen LogP contribution is 2.13. The summed E-state index contributed by atoms with van der Waals surface area (Å²) in [6, 6.07) is -0.735. The van der Waals surface area contributed by atoms with Crippen LogP contribution >= 0.6 is 0 Å². The molecule has 0 aromatic carbocycles. The molecule has 0 bridgehead atoms. The van der Waals surface area contributed by atoms with E-state index in [1.54, 1.807) is 21.1 Å². The number of rotatable bonds is 41. The zero-order valence-corrected chi connectivity index (χ0v) is 38.4. The van der Waals surface area contributed by atoms with Crippen molar-refractivity contribution >= 4 is 17.9 Å².